The van der Waals surface area contributed by atoms with Crippen LogP contribution in [0.3, 0.4) is 0 Å². The lowest BCUT2D eigenvalue weighted by Gasteiger charge is -2.54. The lowest BCUT2D eigenvalue weighted by molar-refractivity contribution is -0.131. The summed E-state index contributed by atoms with van der Waals surface area (Å²) in [6, 6.07) is 0.503. The Balaban J connectivity index is 1.41. The van der Waals surface area contributed by atoms with E-state index in [1.165, 1.54) is 32.1 Å². The fraction of sp³-hybridized carbons (Fsp3) is 0.938. The predicted molar refractivity (Wildman–Crippen MR) is 72.5 cm³/mol. The molecule has 0 aromatic rings. The summed E-state index contributed by atoms with van der Waals surface area (Å²) in [5, 5.41) is 3.44. The maximum absolute atomic E-state index is 12.4. The highest BCUT2D eigenvalue weighted by Gasteiger charge is 2.48. The topological polar surface area (TPSA) is 38.3 Å². The van der Waals surface area contributed by atoms with E-state index in [2.05, 4.69) is 5.32 Å². The van der Waals surface area contributed by atoms with Gasteiger partial charge in [0.05, 0.1) is 0 Å². The van der Waals surface area contributed by atoms with Crippen LogP contribution in [0.2, 0.25) is 0 Å². The van der Waals surface area contributed by atoms with Crippen LogP contribution in [0.4, 0.5) is 0 Å². The van der Waals surface area contributed by atoms with Crippen molar-refractivity contribution in [1.82, 2.24) is 5.32 Å². The molecule has 4 bridgehead atoms. The Morgan fingerprint density at radius 2 is 1.47 bits per heavy atom. The molecule has 0 aromatic heterocycles. The zero-order valence-corrected chi connectivity index (χ0v) is 11.6. The third-order valence-electron chi connectivity index (χ3n) is 6.13. The van der Waals surface area contributed by atoms with Crippen LogP contribution in [0.5, 0.6) is 0 Å². The van der Waals surface area contributed by atoms with Crippen LogP contribution in [0.15, 0.2) is 0 Å². The van der Waals surface area contributed by atoms with Crippen LogP contribution in [-0.2, 0) is 9.53 Å². The van der Waals surface area contributed by atoms with Gasteiger partial charge in [-0.05, 0) is 68.6 Å². The van der Waals surface area contributed by atoms with E-state index in [1.54, 1.807) is 0 Å². The van der Waals surface area contributed by atoms with Crippen molar-refractivity contribution in [3.05, 3.63) is 0 Å². The predicted octanol–water partition coefficient (Wildman–Crippen LogP) is 2.35. The van der Waals surface area contributed by atoms with Gasteiger partial charge in [0.15, 0.2) is 0 Å². The van der Waals surface area contributed by atoms with Crippen LogP contribution < -0.4 is 5.32 Å². The standard InChI is InChI=1S/C16H25NO2/c18-16(12-1-3-19-4-2-12)17-15-13-6-10-5-11(8-13)9-14(15)7-10/h10-15H,1-9H2,(H,17,18). The Morgan fingerprint density at radius 3 is 2.05 bits per heavy atom. The average molecular weight is 263 g/mol. The van der Waals surface area contributed by atoms with Crippen molar-refractivity contribution in [3.63, 3.8) is 0 Å². The van der Waals surface area contributed by atoms with Gasteiger partial charge >= 0.3 is 0 Å². The molecule has 5 rings (SSSR count). The molecule has 0 spiro atoms. The molecule has 5 aliphatic rings. The fourth-order valence-electron chi connectivity index (χ4n) is 5.40. The first-order chi connectivity index (χ1) is 9.29. The van der Waals surface area contributed by atoms with Crippen molar-refractivity contribution < 1.29 is 9.53 Å². The van der Waals surface area contributed by atoms with E-state index < -0.39 is 0 Å². The first-order valence-electron chi connectivity index (χ1n) is 8.17. The van der Waals surface area contributed by atoms with Gasteiger partial charge in [-0.2, -0.15) is 0 Å². The van der Waals surface area contributed by atoms with Crippen molar-refractivity contribution in [1.29, 1.82) is 0 Å². The molecule has 3 nitrogen and oxygen atoms in total. The summed E-state index contributed by atoms with van der Waals surface area (Å²) in [4.78, 5) is 12.4. The largest absolute Gasteiger partial charge is 0.381 e. The summed E-state index contributed by atoms with van der Waals surface area (Å²) in [5.74, 6) is 4.09. The number of nitrogens with one attached hydrogen (secondary N) is 1. The molecule has 3 heteroatoms. The van der Waals surface area contributed by atoms with Crippen molar-refractivity contribution in [2.45, 2.75) is 51.0 Å². The second-order valence-electron chi connectivity index (χ2n) is 7.35. The van der Waals surface area contributed by atoms with Crippen LogP contribution in [0, 0.1) is 29.6 Å². The molecule has 0 radical (unpaired) electrons. The molecule has 0 aromatic carbocycles. The van der Waals surface area contributed by atoms with E-state index in [0.29, 0.717) is 11.9 Å². The lowest BCUT2D eigenvalue weighted by Crippen LogP contribution is -2.56. The molecular formula is C16H25NO2. The molecule has 1 heterocycles. The maximum Gasteiger partial charge on any atom is 0.223 e. The second-order valence-corrected chi connectivity index (χ2v) is 7.35. The third-order valence-corrected chi connectivity index (χ3v) is 6.13. The highest BCUT2D eigenvalue weighted by atomic mass is 16.5. The quantitative estimate of drug-likeness (QED) is 0.830. The SMILES string of the molecule is O=C(NC1C2CC3CC(C2)CC1C3)C1CCOCC1. The van der Waals surface area contributed by atoms with Crippen LogP contribution >= 0.6 is 0 Å². The van der Waals surface area contributed by atoms with Gasteiger partial charge in [-0.15, -0.1) is 0 Å². The molecule has 0 atom stereocenters. The molecule has 4 aliphatic carbocycles. The number of carbonyl (C=O) groups is 1. The number of rotatable bonds is 2. The molecular weight excluding hydrogens is 238 g/mol. The number of hydrogen-bond donors (Lipinski definition) is 1. The van der Waals surface area contributed by atoms with E-state index in [0.717, 1.165) is 49.7 Å². The van der Waals surface area contributed by atoms with Crippen LogP contribution in [0.1, 0.15) is 44.9 Å². The van der Waals surface area contributed by atoms with Gasteiger partial charge in [0.1, 0.15) is 0 Å². The molecule has 4 saturated carbocycles. The number of hydrogen-bond acceptors (Lipinski definition) is 2. The van der Waals surface area contributed by atoms with Gasteiger partial charge in [0.2, 0.25) is 5.91 Å². The molecule has 1 aliphatic heterocycles. The average Bonchev–Trinajstić information content (AvgIpc) is 2.43. The number of ether oxygens (including phenoxy) is 1. The molecule has 5 fully saturated rings. The van der Waals surface area contributed by atoms with Crippen molar-refractivity contribution in [3.8, 4) is 0 Å². The molecule has 19 heavy (non-hydrogen) atoms. The number of carbonyl (C=O) groups excluding carboxylic acids is 1. The summed E-state index contributed by atoms with van der Waals surface area (Å²) >= 11 is 0. The minimum atomic E-state index is 0.214. The Kier molecular flexibility index (Phi) is 3.06. The summed E-state index contributed by atoms with van der Waals surface area (Å²) < 4.78 is 5.35. The van der Waals surface area contributed by atoms with E-state index in [4.69, 9.17) is 4.74 Å². The first kappa shape index (κ1) is 12.2. The normalized spacial score (nSPS) is 45.4. The highest BCUT2D eigenvalue weighted by molar-refractivity contribution is 5.79. The van der Waals surface area contributed by atoms with Crippen molar-refractivity contribution in [2.24, 2.45) is 29.6 Å². The zero-order valence-electron chi connectivity index (χ0n) is 11.6. The lowest BCUT2D eigenvalue weighted by atomic mass is 9.54. The monoisotopic (exact) mass is 263 g/mol. The van der Waals surface area contributed by atoms with Crippen molar-refractivity contribution in [2.75, 3.05) is 13.2 Å². The molecule has 1 saturated heterocycles. The third kappa shape index (κ3) is 2.20. The Bertz CT molecular complexity index is 334. The minimum Gasteiger partial charge on any atom is -0.381 e. The summed E-state index contributed by atoms with van der Waals surface area (Å²) in [7, 11) is 0. The van der Waals surface area contributed by atoms with Gasteiger partial charge in [-0.25, -0.2) is 0 Å². The highest BCUT2D eigenvalue weighted by Crippen LogP contribution is 2.53. The van der Waals surface area contributed by atoms with Gasteiger partial charge in [0, 0.05) is 25.2 Å². The van der Waals surface area contributed by atoms with E-state index >= 15 is 0 Å². The van der Waals surface area contributed by atoms with Crippen LogP contribution in [0.25, 0.3) is 0 Å². The summed E-state index contributed by atoms with van der Waals surface area (Å²) in [6.45, 7) is 1.53. The molecule has 0 unspecified atom stereocenters. The first-order valence-corrected chi connectivity index (χ1v) is 8.17. The zero-order chi connectivity index (χ0) is 12.8. The Hall–Kier alpha value is -0.570. The number of amides is 1. The van der Waals surface area contributed by atoms with Gasteiger partial charge in [-0.1, -0.05) is 0 Å². The van der Waals surface area contributed by atoms with Gasteiger partial charge < -0.3 is 10.1 Å². The molecule has 106 valence electrons. The summed E-state index contributed by atoms with van der Waals surface area (Å²) in [5.41, 5.74) is 0. The molecule has 1 N–H and O–H groups in total. The second kappa shape index (κ2) is 4.76. The maximum atomic E-state index is 12.4. The van der Waals surface area contributed by atoms with E-state index in [1.807, 2.05) is 0 Å². The van der Waals surface area contributed by atoms with Gasteiger partial charge in [0.25, 0.3) is 0 Å². The van der Waals surface area contributed by atoms with E-state index in [9.17, 15) is 4.79 Å². The minimum absolute atomic E-state index is 0.214. The Morgan fingerprint density at radius 1 is 0.895 bits per heavy atom. The van der Waals surface area contributed by atoms with E-state index in [-0.39, 0.29) is 5.92 Å². The van der Waals surface area contributed by atoms with Crippen molar-refractivity contribution >= 4 is 5.91 Å². The summed E-state index contributed by atoms with van der Waals surface area (Å²) in [6.07, 6.45) is 8.83. The molecule has 1 amide bonds. The smallest absolute Gasteiger partial charge is 0.223 e. The fourth-order valence-corrected chi connectivity index (χ4v) is 5.40. The Labute approximate surface area is 115 Å². The van der Waals surface area contributed by atoms with Gasteiger partial charge in [-0.3, -0.25) is 4.79 Å². The van der Waals surface area contributed by atoms with Crippen LogP contribution in [-0.4, -0.2) is 25.2 Å².